The summed E-state index contributed by atoms with van der Waals surface area (Å²) in [6.45, 7) is 2.50. The molecule has 6 nitrogen and oxygen atoms in total. The van der Waals surface area contributed by atoms with Gasteiger partial charge in [-0.15, -0.1) is 0 Å². The molecule has 1 saturated heterocycles. The molecule has 2 aromatic heterocycles. The lowest BCUT2D eigenvalue weighted by Crippen LogP contribution is -2.36. The van der Waals surface area contributed by atoms with Gasteiger partial charge in [0.05, 0.1) is 22.8 Å². The van der Waals surface area contributed by atoms with Crippen LogP contribution >= 0.6 is 0 Å². The third-order valence-corrected chi connectivity index (χ3v) is 5.00. The minimum Gasteiger partial charge on any atom is -0.357 e. The van der Waals surface area contributed by atoms with Gasteiger partial charge in [-0.25, -0.2) is 9.97 Å². The Kier molecular flexibility index (Phi) is 4.36. The van der Waals surface area contributed by atoms with Gasteiger partial charge in [0.25, 0.3) is 5.56 Å². The molecule has 0 bridgehead atoms. The van der Waals surface area contributed by atoms with Crippen molar-refractivity contribution in [3.05, 3.63) is 64.8 Å². The van der Waals surface area contributed by atoms with Crippen LogP contribution in [0.25, 0.3) is 10.9 Å². The highest BCUT2D eigenvalue weighted by Gasteiger charge is 2.21. The van der Waals surface area contributed by atoms with Gasteiger partial charge in [0.2, 0.25) is 0 Å². The Balaban J connectivity index is 1.43. The number of para-hydroxylation sites is 1. The van der Waals surface area contributed by atoms with Crippen molar-refractivity contribution in [3.8, 4) is 6.07 Å². The second-order valence-corrected chi connectivity index (χ2v) is 6.67. The highest BCUT2D eigenvalue weighted by molar-refractivity contribution is 5.76. The average molecular weight is 345 g/mol. The van der Waals surface area contributed by atoms with Gasteiger partial charge in [-0.1, -0.05) is 12.1 Å². The first-order chi connectivity index (χ1) is 12.7. The Hall–Kier alpha value is -3.20. The van der Waals surface area contributed by atoms with Gasteiger partial charge in [0.15, 0.2) is 0 Å². The summed E-state index contributed by atoms with van der Waals surface area (Å²) < 4.78 is 1.74. The van der Waals surface area contributed by atoms with E-state index in [1.807, 2.05) is 30.3 Å². The number of piperidine rings is 1. The Bertz CT molecular complexity index is 1010. The van der Waals surface area contributed by atoms with E-state index in [-0.39, 0.29) is 5.56 Å². The van der Waals surface area contributed by atoms with Gasteiger partial charge in [-0.3, -0.25) is 9.36 Å². The van der Waals surface area contributed by atoms with Crippen LogP contribution in [0.15, 0.2) is 53.7 Å². The van der Waals surface area contributed by atoms with Crippen LogP contribution in [-0.2, 0) is 6.54 Å². The largest absolute Gasteiger partial charge is 0.357 e. The zero-order chi connectivity index (χ0) is 17.9. The molecule has 3 aromatic rings. The van der Waals surface area contributed by atoms with Crippen molar-refractivity contribution >= 4 is 16.7 Å². The zero-order valence-corrected chi connectivity index (χ0v) is 14.4. The van der Waals surface area contributed by atoms with Gasteiger partial charge in [0, 0.05) is 25.8 Å². The summed E-state index contributed by atoms with van der Waals surface area (Å²) >= 11 is 0. The van der Waals surface area contributed by atoms with Gasteiger partial charge in [-0.2, -0.15) is 5.26 Å². The molecule has 130 valence electrons. The number of aromatic nitrogens is 3. The smallest absolute Gasteiger partial charge is 0.261 e. The molecule has 0 amide bonds. The third-order valence-electron chi connectivity index (χ3n) is 5.00. The number of anilines is 1. The number of fused-ring (bicyclic) bond motifs is 1. The fraction of sp³-hybridized carbons (Fsp3) is 0.300. The number of pyridine rings is 1. The van der Waals surface area contributed by atoms with Crippen LogP contribution in [0, 0.1) is 17.2 Å². The second-order valence-electron chi connectivity index (χ2n) is 6.67. The molecule has 4 rings (SSSR count). The molecule has 6 heteroatoms. The molecular formula is C20H19N5O. The summed E-state index contributed by atoms with van der Waals surface area (Å²) in [5.41, 5.74) is 1.36. The number of benzene rings is 1. The molecule has 1 aliphatic rings. The van der Waals surface area contributed by atoms with Gasteiger partial charge < -0.3 is 4.90 Å². The minimum absolute atomic E-state index is 0.0341. The van der Waals surface area contributed by atoms with E-state index >= 15 is 0 Å². The van der Waals surface area contributed by atoms with Crippen LogP contribution in [0.2, 0.25) is 0 Å². The molecule has 0 atom stereocenters. The molecule has 0 radical (unpaired) electrons. The highest BCUT2D eigenvalue weighted by Crippen LogP contribution is 2.23. The predicted molar refractivity (Wildman–Crippen MR) is 99.9 cm³/mol. The zero-order valence-electron chi connectivity index (χ0n) is 14.4. The Morgan fingerprint density at radius 2 is 1.92 bits per heavy atom. The number of hydrogen-bond acceptors (Lipinski definition) is 5. The lowest BCUT2D eigenvalue weighted by molar-refractivity contribution is 0.351. The van der Waals surface area contributed by atoms with Gasteiger partial charge in [0.1, 0.15) is 11.9 Å². The van der Waals surface area contributed by atoms with Crippen molar-refractivity contribution < 1.29 is 0 Å². The fourth-order valence-electron chi connectivity index (χ4n) is 3.50. The van der Waals surface area contributed by atoms with Crippen LogP contribution in [0.3, 0.4) is 0 Å². The highest BCUT2D eigenvalue weighted by atomic mass is 16.1. The number of hydrogen-bond donors (Lipinski definition) is 0. The first kappa shape index (κ1) is 16.3. The van der Waals surface area contributed by atoms with E-state index in [0.29, 0.717) is 23.4 Å². The van der Waals surface area contributed by atoms with Crippen molar-refractivity contribution in [3.63, 3.8) is 0 Å². The summed E-state index contributed by atoms with van der Waals surface area (Å²) in [7, 11) is 0. The third kappa shape index (κ3) is 3.16. The molecule has 0 aliphatic carbocycles. The van der Waals surface area contributed by atoms with Crippen molar-refractivity contribution in [2.45, 2.75) is 19.4 Å². The molecule has 0 spiro atoms. The maximum Gasteiger partial charge on any atom is 0.261 e. The van der Waals surface area contributed by atoms with E-state index in [9.17, 15) is 4.79 Å². The van der Waals surface area contributed by atoms with E-state index in [4.69, 9.17) is 5.26 Å². The second kappa shape index (κ2) is 6.96. The first-order valence-corrected chi connectivity index (χ1v) is 8.80. The monoisotopic (exact) mass is 345 g/mol. The molecular weight excluding hydrogens is 326 g/mol. The molecule has 1 aromatic carbocycles. The van der Waals surface area contributed by atoms with Crippen molar-refractivity contribution in [2.24, 2.45) is 5.92 Å². The maximum absolute atomic E-state index is 12.6. The average Bonchev–Trinajstić information content (AvgIpc) is 2.71. The van der Waals surface area contributed by atoms with E-state index in [0.717, 1.165) is 37.3 Å². The van der Waals surface area contributed by atoms with Crippen LogP contribution in [0.5, 0.6) is 0 Å². The van der Waals surface area contributed by atoms with Crippen molar-refractivity contribution in [2.75, 3.05) is 18.0 Å². The lowest BCUT2D eigenvalue weighted by atomic mass is 9.96. The molecule has 3 heterocycles. The quantitative estimate of drug-likeness (QED) is 0.729. The van der Waals surface area contributed by atoms with E-state index < -0.39 is 0 Å². The minimum atomic E-state index is 0.0341. The van der Waals surface area contributed by atoms with Crippen molar-refractivity contribution in [1.29, 1.82) is 5.26 Å². The molecule has 26 heavy (non-hydrogen) atoms. The Morgan fingerprint density at radius 1 is 1.12 bits per heavy atom. The molecule has 0 unspecified atom stereocenters. The normalized spacial score (nSPS) is 15.1. The lowest BCUT2D eigenvalue weighted by Gasteiger charge is -2.33. The van der Waals surface area contributed by atoms with Crippen LogP contribution in [0.1, 0.15) is 18.4 Å². The number of nitrogens with zero attached hydrogens (tertiary/aromatic N) is 5. The Morgan fingerprint density at radius 3 is 2.65 bits per heavy atom. The van der Waals surface area contributed by atoms with Crippen LogP contribution < -0.4 is 10.5 Å². The molecule has 0 N–H and O–H groups in total. The maximum atomic E-state index is 12.6. The number of nitriles is 1. The van der Waals surface area contributed by atoms with Crippen LogP contribution in [0.4, 0.5) is 5.82 Å². The molecule has 0 saturated carbocycles. The molecule has 1 aliphatic heterocycles. The van der Waals surface area contributed by atoms with Gasteiger partial charge >= 0.3 is 0 Å². The van der Waals surface area contributed by atoms with E-state index in [2.05, 4.69) is 20.9 Å². The SMILES string of the molecule is N#Cc1ccc(N2CCC(Cn3cnc4ccccc4c3=O)CC2)nc1. The summed E-state index contributed by atoms with van der Waals surface area (Å²) in [4.78, 5) is 23.6. The van der Waals surface area contributed by atoms with Crippen LogP contribution in [-0.4, -0.2) is 27.6 Å². The Labute approximate surface area is 151 Å². The topological polar surface area (TPSA) is 74.8 Å². The first-order valence-electron chi connectivity index (χ1n) is 8.80. The summed E-state index contributed by atoms with van der Waals surface area (Å²) in [6, 6.07) is 13.3. The van der Waals surface area contributed by atoms with Gasteiger partial charge in [-0.05, 0) is 43.0 Å². The molecule has 1 fully saturated rings. The van der Waals surface area contributed by atoms with E-state index in [1.165, 1.54) is 0 Å². The fourth-order valence-corrected chi connectivity index (χ4v) is 3.50. The predicted octanol–water partition coefficient (Wildman–Crippen LogP) is 2.58. The van der Waals surface area contributed by atoms with Crippen molar-refractivity contribution in [1.82, 2.24) is 14.5 Å². The summed E-state index contributed by atoms with van der Waals surface area (Å²) in [5, 5.41) is 9.54. The standard InChI is InChI=1S/C20H19N5O/c21-11-16-5-6-19(22-12-16)24-9-7-15(8-10-24)13-25-14-23-18-4-2-1-3-17(18)20(25)26/h1-6,12,14-15H,7-10,13H2. The number of rotatable bonds is 3. The summed E-state index contributed by atoms with van der Waals surface area (Å²) in [5.74, 6) is 1.36. The summed E-state index contributed by atoms with van der Waals surface area (Å²) in [6.07, 6.45) is 5.28. The van der Waals surface area contributed by atoms with E-state index in [1.54, 1.807) is 23.2 Å².